The molecule has 31 heavy (non-hydrogen) atoms. The molecule has 0 aliphatic carbocycles. The largest absolute Gasteiger partial charge is 0.508 e. The molecule has 0 aromatic heterocycles. The summed E-state index contributed by atoms with van der Waals surface area (Å²) in [5.74, 6) is 2.31. The first-order chi connectivity index (χ1) is 15.0. The Morgan fingerprint density at radius 2 is 1.81 bits per heavy atom. The Morgan fingerprint density at radius 3 is 2.52 bits per heavy atom. The summed E-state index contributed by atoms with van der Waals surface area (Å²) in [4.78, 5) is 0. The van der Waals surface area contributed by atoms with Crippen molar-refractivity contribution >= 4 is 17.7 Å². The molecule has 1 N–H and O–H groups in total. The second kappa shape index (κ2) is 9.49. The second-order valence-electron chi connectivity index (χ2n) is 8.01. The number of ether oxygens (including phenoxy) is 2. The Balaban J connectivity index is 1.40. The quantitative estimate of drug-likeness (QED) is 0.444. The van der Waals surface area contributed by atoms with Crippen LogP contribution in [-0.2, 0) is 12.8 Å². The summed E-state index contributed by atoms with van der Waals surface area (Å²) in [6.45, 7) is 2.16. The van der Waals surface area contributed by atoms with E-state index in [4.69, 9.17) is 21.1 Å². The molecule has 0 amide bonds. The van der Waals surface area contributed by atoms with Crippen LogP contribution in [0.2, 0.25) is 5.02 Å². The molecule has 3 aromatic rings. The predicted octanol–water partition coefficient (Wildman–Crippen LogP) is 6.81. The summed E-state index contributed by atoms with van der Waals surface area (Å²) in [6, 6.07) is 19.7. The average molecular weight is 435 g/mol. The Hall–Kier alpha value is -2.91. The highest BCUT2D eigenvalue weighted by Gasteiger charge is 2.32. The van der Waals surface area contributed by atoms with Gasteiger partial charge in [-0.15, -0.1) is 0 Å². The second-order valence-corrected chi connectivity index (χ2v) is 8.44. The number of phenols is 1. The summed E-state index contributed by atoms with van der Waals surface area (Å²) in [7, 11) is 1.67. The van der Waals surface area contributed by atoms with Crippen LogP contribution in [0.5, 0.6) is 17.2 Å². The Bertz CT molecular complexity index is 1060. The van der Waals surface area contributed by atoms with Crippen molar-refractivity contribution in [1.29, 1.82) is 0 Å². The van der Waals surface area contributed by atoms with Crippen LogP contribution in [0.1, 0.15) is 41.5 Å². The van der Waals surface area contributed by atoms with E-state index in [0.29, 0.717) is 5.75 Å². The van der Waals surface area contributed by atoms with Crippen LogP contribution < -0.4 is 9.47 Å². The van der Waals surface area contributed by atoms with E-state index in [1.807, 2.05) is 48.5 Å². The lowest BCUT2D eigenvalue weighted by Gasteiger charge is -2.15. The van der Waals surface area contributed by atoms with Gasteiger partial charge in [-0.1, -0.05) is 54.9 Å². The minimum atomic E-state index is 0.0582. The van der Waals surface area contributed by atoms with Crippen molar-refractivity contribution in [3.63, 3.8) is 0 Å². The van der Waals surface area contributed by atoms with Crippen LogP contribution in [0, 0.1) is 0 Å². The zero-order valence-corrected chi connectivity index (χ0v) is 18.6. The maximum Gasteiger partial charge on any atom is 0.123 e. The van der Waals surface area contributed by atoms with Crippen LogP contribution in [0.15, 0.2) is 66.7 Å². The SMILES string of the molecule is COc1ccc(CC2Oc3cc(CC/C=C/c4ccc(Cl)cc4)c(O)cc3C2C)cc1. The van der Waals surface area contributed by atoms with Crippen LogP contribution in [0.4, 0.5) is 0 Å². The third-order valence-electron chi connectivity index (χ3n) is 5.89. The number of hydrogen-bond donors (Lipinski definition) is 1. The molecule has 0 spiro atoms. The molecule has 0 fully saturated rings. The van der Waals surface area contributed by atoms with Gasteiger partial charge < -0.3 is 14.6 Å². The molecule has 4 heteroatoms. The molecule has 4 rings (SSSR count). The van der Waals surface area contributed by atoms with Gasteiger partial charge in [0, 0.05) is 22.9 Å². The van der Waals surface area contributed by atoms with E-state index in [2.05, 4.69) is 31.2 Å². The molecule has 2 atom stereocenters. The molecule has 0 bridgehead atoms. The molecular weight excluding hydrogens is 408 g/mol. The van der Waals surface area contributed by atoms with Crippen molar-refractivity contribution in [2.24, 2.45) is 0 Å². The van der Waals surface area contributed by atoms with Crippen molar-refractivity contribution in [3.05, 3.63) is 94.0 Å². The van der Waals surface area contributed by atoms with E-state index in [1.165, 1.54) is 5.56 Å². The van der Waals surface area contributed by atoms with E-state index >= 15 is 0 Å². The maximum absolute atomic E-state index is 10.6. The van der Waals surface area contributed by atoms with E-state index in [0.717, 1.165) is 52.5 Å². The van der Waals surface area contributed by atoms with Crippen molar-refractivity contribution in [2.45, 2.75) is 38.2 Å². The first-order valence-electron chi connectivity index (χ1n) is 10.6. The first-order valence-corrected chi connectivity index (χ1v) is 11.0. The molecule has 3 aromatic carbocycles. The monoisotopic (exact) mass is 434 g/mol. The summed E-state index contributed by atoms with van der Waals surface area (Å²) in [5, 5.41) is 11.3. The molecule has 2 unspecified atom stereocenters. The summed E-state index contributed by atoms with van der Waals surface area (Å²) < 4.78 is 11.5. The number of phenolic OH excluding ortho intramolecular Hbond substituents is 1. The highest BCUT2D eigenvalue weighted by molar-refractivity contribution is 6.30. The van der Waals surface area contributed by atoms with E-state index in [9.17, 15) is 5.11 Å². The van der Waals surface area contributed by atoms with Gasteiger partial charge in [0.05, 0.1) is 7.11 Å². The number of halogens is 1. The van der Waals surface area contributed by atoms with Gasteiger partial charge in [-0.25, -0.2) is 0 Å². The standard InChI is InChI=1S/C27H27ClO3/c1-18-24-17-25(29)21(6-4-3-5-19-7-11-22(28)12-8-19)16-27(24)31-26(18)15-20-9-13-23(30-2)14-10-20/h3,5,7-14,16-18,26,29H,4,6,15H2,1-2H3/b5-3+. The number of fused-ring (bicyclic) bond motifs is 1. The van der Waals surface area contributed by atoms with Crippen molar-refractivity contribution in [1.82, 2.24) is 0 Å². The number of aromatic hydroxyl groups is 1. The van der Waals surface area contributed by atoms with Gasteiger partial charge in [-0.3, -0.25) is 0 Å². The molecule has 0 saturated carbocycles. The highest BCUT2D eigenvalue weighted by atomic mass is 35.5. The lowest BCUT2D eigenvalue weighted by molar-refractivity contribution is 0.211. The number of rotatable bonds is 7. The van der Waals surface area contributed by atoms with Gasteiger partial charge in [0.25, 0.3) is 0 Å². The smallest absolute Gasteiger partial charge is 0.123 e. The first kappa shape index (κ1) is 21.3. The molecule has 0 saturated heterocycles. The number of methoxy groups -OCH3 is 1. The van der Waals surface area contributed by atoms with Gasteiger partial charge in [0.15, 0.2) is 0 Å². The van der Waals surface area contributed by atoms with Crippen molar-refractivity contribution < 1.29 is 14.6 Å². The van der Waals surface area contributed by atoms with Crippen molar-refractivity contribution in [2.75, 3.05) is 7.11 Å². The van der Waals surface area contributed by atoms with E-state index < -0.39 is 0 Å². The fraction of sp³-hybridized carbons (Fsp3) is 0.259. The molecule has 1 aliphatic rings. The summed E-state index contributed by atoms with van der Waals surface area (Å²) in [6.07, 6.45) is 6.66. The van der Waals surface area contributed by atoms with Gasteiger partial charge in [0.2, 0.25) is 0 Å². The van der Waals surface area contributed by atoms with Gasteiger partial charge in [0.1, 0.15) is 23.4 Å². The van der Waals surface area contributed by atoms with Gasteiger partial charge in [-0.05, 0) is 65.9 Å². The molecule has 1 aliphatic heterocycles. The van der Waals surface area contributed by atoms with Crippen LogP contribution in [0.25, 0.3) is 6.08 Å². The third-order valence-corrected chi connectivity index (χ3v) is 6.15. The third kappa shape index (κ3) is 5.05. The molecule has 3 nitrogen and oxygen atoms in total. The Labute approximate surface area is 188 Å². The average Bonchev–Trinajstić information content (AvgIpc) is 3.07. The molecule has 160 valence electrons. The Morgan fingerprint density at radius 1 is 1.06 bits per heavy atom. The van der Waals surface area contributed by atoms with Crippen LogP contribution >= 0.6 is 11.6 Å². The van der Waals surface area contributed by atoms with Crippen LogP contribution in [-0.4, -0.2) is 18.3 Å². The normalized spacial score (nSPS) is 17.5. The van der Waals surface area contributed by atoms with E-state index in [1.54, 1.807) is 7.11 Å². The predicted molar refractivity (Wildman–Crippen MR) is 126 cm³/mol. The summed E-state index contributed by atoms with van der Waals surface area (Å²) in [5.41, 5.74) is 4.32. The number of aryl methyl sites for hydroxylation is 1. The zero-order chi connectivity index (χ0) is 21.8. The Kier molecular flexibility index (Phi) is 6.53. The topological polar surface area (TPSA) is 38.7 Å². The highest BCUT2D eigenvalue weighted by Crippen LogP contribution is 2.42. The van der Waals surface area contributed by atoms with E-state index in [-0.39, 0.29) is 12.0 Å². The maximum atomic E-state index is 10.6. The molecular formula is C27H27ClO3. The lowest BCUT2D eigenvalue weighted by Crippen LogP contribution is -2.19. The lowest BCUT2D eigenvalue weighted by atomic mass is 9.92. The number of allylic oxidation sites excluding steroid dienone is 1. The zero-order valence-electron chi connectivity index (χ0n) is 17.8. The fourth-order valence-corrected chi connectivity index (χ4v) is 4.12. The molecule has 1 heterocycles. The van der Waals surface area contributed by atoms with Crippen LogP contribution in [0.3, 0.4) is 0 Å². The summed E-state index contributed by atoms with van der Waals surface area (Å²) >= 11 is 5.93. The number of benzene rings is 3. The minimum absolute atomic E-state index is 0.0582. The van der Waals surface area contributed by atoms with Gasteiger partial charge >= 0.3 is 0 Å². The minimum Gasteiger partial charge on any atom is -0.508 e. The van der Waals surface area contributed by atoms with Crippen molar-refractivity contribution in [3.8, 4) is 17.2 Å². The molecule has 0 radical (unpaired) electrons. The van der Waals surface area contributed by atoms with Gasteiger partial charge in [-0.2, -0.15) is 0 Å². The fourth-order valence-electron chi connectivity index (χ4n) is 3.99. The number of hydrogen-bond acceptors (Lipinski definition) is 3.